The van der Waals surface area contributed by atoms with Crippen LogP contribution in [0.2, 0.25) is 0 Å². The highest BCUT2D eigenvalue weighted by atomic mass is 16.5. The zero-order valence-electron chi connectivity index (χ0n) is 9.05. The maximum atomic E-state index is 10.1. The van der Waals surface area contributed by atoms with Crippen molar-refractivity contribution in [2.45, 2.75) is 58.2 Å². The Bertz CT molecular complexity index is 152. The molecule has 1 N–H and O–H groups in total. The second kappa shape index (κ2) is 4.43. The Kier molecular flexibility index (Phi) is 3.74. The summed E-state index contributed by atoms with van der Waals surface area (Å²) in [5.41, 5.74) is -0.493. The monoisotopic (exact) mass is 186 g/mol. The van der Waals surface area contributed by atoms with Crippen LogP contribution in [0.5, 0.6) is 0 Å². The topological polar surface area (TPSA) is 29.5 Å². The molecule has 0 aromatic rings. The minimum Gasteiger partial charge on any atom is -0.390 e. The molecule has 0 bridgehead atoms. The van der Waals surface area contributed by atoms with Crippen LogP contribution >= 0.6 is 0 Å². The fraction of sp³-hybridized carbons (Fsp3) is 1.00. The van der Waals surface area contributed by atoms with Crippen molar-refractivity contribution in [2.24, 2.45) is 5.92 Å². The Morgan fingerprint density at radius 3 is 2.69 bits per heavy atom. The third kappa shape index (κ3) is 3.28. The molecule has 0 aromatic carbocycles. The van der Waals surface area contributed by atoms with E-state index in [0.29, 0.717) is 12.5 Å². The van der Waals surface area contributed by atoms with Gasteiger partial charge in [-0.2, -0.15) is 0 Å². The molecule has 0 spiro atoms. The van der Waals surface area contributed by atoms with Crippen LogP contribution in [-0.4, -0.2) is 23.4 Å². The highest BCUT2D eigenvalue weighted by Gasteiger charge is 2.34. The Labute approximate surface area is 81.3 Å². The lowest BCUT2D eigenvalue weighted by molar-refractivity contribution is -0.0760. The Morgan fingerprint density at radius 1 is 1.46 bits per heavy atom. The molecular weight excluding hydrogens is 164 g/mol. The maximum absolute atomic E-state index is 10.1. The fourth-order valence-corrected chi connectivity index (χ4v) is 1.96. The molecule has 0 heterocycles. The van der Waals surface area contributed by atoms with Gasteiger partial charge in [0.1, 0.15) is 0 Å². The molecule has 1 aliphatic rings. The van der Waals surface area contributed by atoms with Crippen molar-refractivity contribution in [3.05, 3.63) is 0 Å². The molecule has 78 valence electrons. The first-order valence-corrected chi connectivity index (χ1v) is 5.36. The summed E-state index contributed by atoms with van der Waals surface area (Å²) in [6.45, 7) is 6.74. The molecule has 0 saturated heterocycles. The van der Waals surface area contributed by atoms with Crippen LogP contribution in [0, 0.1) is 5.92 Å². The van der Waals surface area contributed by atoms with Gasteiger partial charge in [-0.05, 0) is 33.6 Å². The van der Waals surface area contributed by atoms with Crippen LogP contribution in [0.1, 0.15) is 46.5 Å². The van der Waals surface area contributed by atoms with Crippen LogP contribution < -0.4 is 0 Å². The van der Waals surface area contributed by atoms with E-state index in [-0.39, 0.29) is 6.10 Å². The molecule has 0 aliphatic heterocycles. The van der Waals surface area contributed by atoms with Crippen molar-refractivity contribution in [1.29, 1.82) is 0 Å². The minimum absolute atomic E-state index is 0.276. The number of aliphatic hydroxyl groups is 1. The van der Waals surface area contributed by atoms with E-state index in [1.165, 1.54) is 6.42 Å². The zero-order valence-corrected chi connectivity index (χ0v) is 9.05. The lowest BCUT2D eigenvalue weighted by Gasteiger charge is -2.37. The normalized spacial score (nSPS) is 35.3. The fourth-order valence-electron chi connectivity index (χ4n) is 1.96. The quantitative estimate of drug-likeness (QED) is 0.733. The summed E-state index contributed by atoms with van der Waals surface area (Å²) >= 11 is 0. The predicted molar refractivity (Wildman–Crippen MR) is 53.7 cm³/mol. The Morgan fingerprint density at radius 2 is 2.15 bits per heavy atom. The highest BCUT2D eigenvalue weighted by Crippen LogP contribution is 2.33. The van der Waals surface area contributed by atoms with E-state index in [1.54, 1.807) is 0 Å². The molecule has 1 rings (SSSR count). The van der Waals surface area contributed by atoms with Crippen molar-refractivity contribution in [3.63, 3.8) is 0 Å². The van der Waals surface area contributed by atoms with Gasteiger partial charge in [0.2, 0.25) is 0 Å². The molecule has 2 heteroatoms. The van der Waals surface area contributed by atoms with E-state index in [2.05, 4.69) is 0 Å². The van der Waals surface area contributed by atoms with E-state index >= 15 is 0 Å². The summed E-state index contributed by atoms with van der Waals surface area (Å²) in [7, 11) is 0. The van der Waals surface area contributed by atoms with E-state index in [0.717, 1.165) is 19.3 Å². The van der Waals surface area contributed by atoms with Gasteiger partial charge in [-0.1, -0.05) is 12.8 Å². The Balaban J connectivity index is 2.37. The van der Waals surface area contributed by atoms with E-state index < -0.39 is 5.60 Å². The number of rotatable bonds is 3. The third-order valence-corrected chi connectivity index (χ3v) is 3.00. The number of ether oxygens (including phenoxy) is 1. The van der Waals surface area contributed by atoms with E-state index in [4.69, 9.17) is 4.74 Å². The average Bonchev–Trinajstić information content (AvgIpc) is 2.01. The van der Waals surface area contributed by atoms with Crippen molar-refractivity contribution in [2.75, 3.05) is 6.61 Å². The highest BCUT2D eigenvalue weighted by molar-refractivity contribution is 4.85. The number of hydrogen-bond acceptors (Lipinski definition) is 2. The van der Waals surface area contributed by atoms with Crippen LogP contribution in [0.15, 0.2) is 0 Å². The van der Waals surface area contributed by atoms with Gasteiger partial charge in [0.05, 0.1) is 18.3 Å². The first-order valence-electron chi connectivity index (χ1n) is 5.36. The van der Waals surface area contributed by atoms with Gasteiger partial charge in [0.15, 0.2) is 0 Å². The SMILES string of the molecule is CC(C)OC[C@@H]1CCCC[C@@]1(C)O. The molecule has 0 aromatic heterocycles. The van der Waals surface area contributed by atoms with Gasteiger partial charge < -0.3 is 9.84 Å². The smallest absolute Gasteiger partial charge is 0.0669 e. The van der Waals surface area contributed by atoms with Gasteiger partial charge in [-0.15, -0.1) is 0 Å². The largest absolute Gasteiger partial charge is 0.390 e. The molecule has 0 unspecified atom stereocenters. The lowest BCUT2D eigenvalue weighted by atomic mass is 9.77. The molecule has 1 fully saturated rings. The molecule has 0 radical (unpaired) electrons. The summed E-state index contributed by atoms with van der Waals surface area (Å²) in [6.07, 6.45) is 4.71. The van der Waals surface area contributed by atoms with E-state index in [1.807, 2.05) is 20.8 Å². The summed E-state index contributed by atoms with van der Waals surface area (Å²) in [5.74, 6) is 0.337. The van der Waals surface area contributed by atoms with Crippen LogP contribution in [0.4, 0.5) is 0 Å². The van der Waals surface area contributed by atoms with Gasteiger partial charge in [-0.3, -0.25) is 0 Å². The van der Waals surface area contributed by atoms with Crippen molar-refractivity contribution < 1.29 is 9.84 Å². The molecular formula is C11H22O2. The van der Waals surface area contributed by atoms with Gasteiger partial charge in [-0.25, -0.2) is 0 Å². The molecule has 2 nitrogen and oxygen atoms in total. The zero-order chi connectivity index (χ0) is 9.90. The summed E-state index contributed by atoms with van der Waals surface area (Å²) in [5, 5.41) is 10.1. The first-order chi connectivity index (χ1) is 6.02. The van der Waals surface area contributed by atoms with Crippen LogP contribution in [0.3, 0.4) is 0 Å². The van der Waals surface area contributed by atoms with Crippen LogP contribution in [-0.2, 0) is 4.74 Å². The van der Waals surface area contributed by atoms with Crippen molar-refractivity contribution in [3.8, 4) is 0 Å². The predicted octanol–water partition coefficient (Wildman–Crippen LogP) is 2.35. The van der Waals surface area contributed by atoms with Gasteiger partial charge >= 0.3 is 0 Å². The third-order valence-electron chi connectivity index (χ3n) is 3.00. The number of hydrogen-bond donors (Lipinski definition) is 1. The standard InChI is InChI=1S/C11H22O2/c1-9(2)13-8-10-6-4-5-7-11(10,3)12/h9-10,12H,4-8H2,1-3H3/t10-,11+/m0/s1. The van der Waals surface area contributed by atoms with Crippen LogP contribution in [0.25, 0.3) is 0 Å². The molecule has 1 aliphatic carbocycles. The second-order valence-corrected chi connectivity index (χ2v) is 4.68. The lowest BCUT2D eigenvalue weighted by Crippen LogP contribution is -2.40. The minimum atomic E-state index is -0.493. The van der Waals surface area contributed by atoms with Gasteiger partial charge in [0.25, 0.3) is 0 Å². The summed E-state index contributed by atoms with van der Waals surface area (Å²) < 4.78 is 5.56. The van der Waals surface area contributed by atoms with Crippen molar-refractivity contribution >= 4 is 0 Å². The molecule has 1 saturated carbocycles. The summed E-state index contributed by atoms with van der Waals surface area (Å²) in [4.78, 5) is 0. The molecule has 0 amide bonds. The summed E-state index contributed by atoms with van der Waals surface area (Å²) in [6, 6.07) is 0. The Hall–Kier alpha value is -0.0800. The van der Waals surface area contributed by atoms with Crippen molar-refractivity contribution in [1.82, 2.24) is 0 Å². The second-order valence-electron chi connectivity index (χ2n) is 4.68. The molecule has 2 atom stereocenters. The van der Waals surface area contributed by atoms with Gasteiger partial charge in [0, 0.05) is 5.92 Å². The molecule has 13 heavy (non-hydrogen) atoms. The van der Waals surface area contributed by atoms with E-state index in [9.17, 15) is 5.11 Å². The average molecular weight is 186 g/mol. The first kappa shape index (κ1) is 11.0. The maximum Gasteiger partial charge on any atom is 0.0669 e.